The molecule has 0 spiro atoms. The number of aromatic carboxylic acids is 1. The van der Waals surface area contributed by atoms with Crippen molar-refractivity contribution >= 4 is 16.9 Å². The van der Waals surface area contributed by atoms with Crippen LogP contribution in [0.4, 0.5) is 0 Å². The number of fused-ring (bicyclic) bond motifs is 1. The number of benzene rings is 1. The molecule has 6 heteroatoms. The standard InChI is InChI=1S/C17H14N2O4/c1-10-7-12-13(8-18-14(15(12)20)17(22)23)19(16(10)21)9-11-5-3-2-4-6-11/h2-8,20H,9H2,1H3,(H,22,23). The van der Waals surface area contributed by atoms with Crippen LogP contribution in [0.1, 0.15) is 21.6 Å². The van der Waals surface area contributed by atoms with Crippen molar-refractivity contribution in [3.05, 3.63) is 69.8 Å². The van der Waals surface area contributed by atoms with E-state index in [0.29, 0.717) is 23.0 Å². The maximum Gasteiger partial charge on any atom is 0.358 e. The first-order chi connectivity index (χ1) is 11.0. The van der Waals surface area contributed by atoms with Crippen LogP contribution in [0, 0.1) is 6.92 Å². The van der Waals surface area contributed by atoms with Gasteiger partial charge in [-0.1, -0.05) is 30.3 Å². The molecule has 0 saturated carbocycles. The predicted octanol–water partition coefficient (Wildman–Crippen LogP) is 2.16. The van der Waals surface area contributed by atoms with Gasteiger partial charge < -0.3 is 14.8 Å². The Balaban J connectivity index is 2.28. The third-order valence-electron chi connectivity index (χ3n) is 3.69. The van der Waals surface area contributed by atoms with Crippen molar-refractivity contribution in [3.8, 4) is 5.75 Å². The largest absolute Gasteiger partial charge is 0.505 e. The lowest BCUT2D eigenvalue weighted by molar-refractivity contribution is 0.0687. The van der Waals surface area contributed by atoms with E-state index in [4.69, 9.17) is 5.11 Å². The van der Waals surface area contributed by atoms with Crippen LogP contribution in [0.25, 0.3) is 10.9 Å². The minimum Gasteiger partial charge on any atom is -0.505 e. The lowest BCUT2D eigenvalue weighted by atomic mass is 10.1. The van der Waals surface area contributed by atoms with Gasteiger partial charge in [-0.05, 0) is 18.6 Å². The van der Waals surface area contributed by atoms with E-state index in [1.54, 1.807) is 6.92 Å². The van der Waals surface area contributed by atoms with Gasteiger partial charge in [-0.3, -0.25) is 4.79 Å². The van der Waals surface area contributed by atoms with E-state index in [2.05, 4.69) is 4.98 Å². The van der Waals surface area contributed by atoms with E-state index in [1.807, 2.05) is 30.3 Å². The molecule has 0 fully saturated rings. The zero-order valence-electron chi connectivity index (χ0n) is 12.4. The summed E-state index contributed by atoms with van der Waals surface area (Å²) in [6, 6.07) is 10.9. The molecule has 3 rings (SSSR count). The summed E-state index contributed by atoms with van der Waals surface area (Å²) in [6.07, 6.45) is 1.31. The summed E-state index contributed by atoms with van der Waals surface area (Å²) in [4.78, 5) is 27.3. The number of pyridine rings is 2. The molecule has 0 radical (unpaired) electrons. The molecule has 0 aliphatic heterocycles. The third kappa shape index (κ3) is 2.55. The smallest absolute Gasteiger partial charge is 0.358 e. The van der Waals surface area contributed by atoms with Crippen LogP contribution in [0.15, 0.2) is 47.4 Å². The molecule has 2 heterocycles. The van der Waals surface area contributed by atoms with Gasteiger partial charge in [0.2, 0.25) is 0 Å². The van der Waals surface area contributed by atoms with Crippen molar-refractivity contribution in [3.63, 3.8) is 0 Å². The van der Waals surface area contributed by atoms with Crippen LogP contribution in [-0.4, -0.2) is 25.7 Å². The highest BCUT2D eigenvalue weighted by atomic mass is 16.4. The topological polar surface area (TPSA) is 92.4 Å². The first-order valence-corrected chi connectivity index (χ1v) is 6.98. The molecule has 3 aromatic rings. The Labute approximate surface area is 131 Å². The van der Waals surface area contributed by atoms with Crippen LogP contribution >= 0.6 is 0 Å². The van der Waals surface area contributed by atoms with Crippen LogP contribution in [0.3, 0.4) is 0 Å². The summed E-state index contributed by atoms with van der Waals surface area (Å²) in [5.74, 6) is -1.75. The number of carboxylic acids is 1. The summed E-state index contributed by atoms with van der Waals surface area (Å²) in [6.45, 7) is 1.94. The molecule has 0 aliphatic carbocycles. The average Bonchev–Trinajstić information content (AvgIpc) is 2.53. The number of aromatic hydroxyl groups is 1. The van der Waals surface area contributed by atoms with Gasteiger partial charge in [0.25, 0.3) is 5.56 Å². The fourth-order valence-electron chi connectivity index (χ4n) is 2.54. The fraction of sp³-hybridized carbons (Fsp3) is 0.118. The Bertz CT molecular complexity index is 962. The predicted molar refractivity (Wildman–Crippen MR) is 84.9 cm³/mol. The molecule has 1 aromatic carbocycles. The zero-order chi connectivity index (χ0) is 16.6. The molecule has 0 amide bonds. The minimum atomic E-state index is -1.32. The van der Waals surface area contributed by atoms with Crippen LogP contribution in [0.5, 0.6) is 5.75 Å². The summed E-state index contributed by atoms with van der Waals surface area (Å²) in [7, 11) is 0. The number of hydrogen-bond acceptors (Lipinski definition) is 4. The monoisotopic (exact) mass is 310 g/mol. The quantitative estimate of drug-likeness (QED) is 0.773. The molecule has 0 unspecified atom stereocenters. The van der Waals surface area contributed by atoms with Gasteiger partial charge in [0.05, 0.1) is 18.3 Å². The van der Waals surface area contributed by atoms with Crippen molar-refractivity contribution < 1.29 is 15.0 Å². The van der Waals surface area contributed by atoms with Crippen LogP contribution < -0.4 is 5.56 Å². The van der Waals surface area contributed by atoms with Crippen molar-refractivity contribution in [2.45, 2.75) is 13.5 Å². The number of rotatable bonds is 3. The number of carboxylic acid groups (broad SMARTS) is 1. The van der Waals surface area contributed by atoms with Gasteiger partial charge >= 0.3 is 5.97 Å². The maximum absolute atomic E-state index is 12.5. The van der Waals surface area contributed by atoms with Gasteiger partial charge in [0, 0.05) is 10.9 Å². The first-order valence-electron chi connectivity index (χ1n) is 6.98. The van der Waals surface area contributed by atoms with Gasteiger partial charge in [-0.15, -0.1) is 0 Å². The van der Waals surface area contributed by atoms with Crippen molar-refractivity contribution in [1.29, 1.82) is 0 Å². The zero-order valence-corrected chi connectivity index (χ0v) is 12.4. The lowest BCUT2D eigenvalue weighted by Crippen LogP contribution is -2.23. The second-order valence-corrected chi connectivity index (χ2v) is 5.26. The van der Waals surface area contributed by atoms with E-state index in [9.17, 15) is 14.7 Å². The number of carbonyl (C=O) groups is 1. The second kappa shape index (κ2) is 5.57. The van der Waals surface area contributed by atoms with E-state index in [-0.39, 0.29) is 5.56 Å². The molecule has 2 aromatic heterocycles. The Morgan fingerprint density at radius 1 is 1.26 bits per heavy atom. The summed E-state index contributed by atoms with van der Waals surface area (Å²) >= 11 is 0. The molecule has 0 bridgehead atoms. The van der Waals surface area contributed by atoms with E-state index in [1.165, 1.54) is 16.8 Å². The molecule has 2 N–H and O–H groups in total. The molecule has 23 heavy (non-hydrogen) atoms. The van der Waals surface area contributed by atoms with Gasteiger partial charge in [0.1, 0.15) is 0 Å². The molecule has 0 saturated heterocycles. The lowest BCUT2D eigenvalue weighted by Gasteiger charge is -2.13. The number of aromatic nitrogens is 2. The number of hydrogen-bond donors (Lipinski definition) is 2. The fourth-order valence-corrected chi connectivity index (χ4v) is 2.54. The molecular weight excluding hydrogens is 296 g/mol. The molecular formula is C17H14N2O4. The highest BCUT2D eigenvalue weighted by molar-refractivity contribution is 5.97. The first kappa shape index (κ1) is 14.8. The molecule has 0 aliphatic rings. The average molecular weight is 310 g/mol. The molecule has 116 valence electrons. The Morgan fingerprint density at radius 3 is 2.61 bits per heavy atom. The maximum atomic E-state index is 12.5. The molecule has 6 nitrogen and oxygen atoms in total. The highest BCUT2D eigenvalue weighted by Crippen LogP contribution is 2.27. The van der Waals surface area contributed by atoms with E-state index in [0.717, 1.165) is 5.56 Å². The Morgan fingerprint density at radius 2 is 1.96 bits per heavy atom. The normalized spacial score (nSPS) is 10.8. The van der Waals surface area contributed by atoms with Gasteiger partial charge in [-0.25, -0.2) is 9.78 Å². The van der Waals surface area contributed by atoms with E-state index < -0.39 is 17.4 Å². The second-order valence-electron chi connectivity index (χ2n) is 5.26. The molecule has 0 atom stereocenters. The van der Waals surface area contributed by atoms with Crippen LogP contribution in [0.2, 0.25) is 0 Å². The number of aryl methyl sites for hydroxylation is 1. The van der Waals surface area contributed by atoms with Gasteiger partial charge in [0.15, 0.2) is 11.4 Å². The highest BCUT2D eigenvalue weighted by Gasteiger charge is 2.17. The van der Waals surface area contributed by atoms with Crippen LogP contribution in [-0.2, 0) is 6.54 Å². The Hall–Kier alpha value is -3.15. The summed E-state index contributed by atoms with van der Waals surface area (Å²) < 4.78 is 1.48. The number of nitrogens with zero attached hydrogens (tertiary/aromatic N) is 2. The Kier molecular flexibility index (Phi) is 3.57. The minimum absolute atomic E-state index is 0.203. The van der Waals surface area contributed by atoms with Gasteiger partial charge in [-0.2, -0.15) is 0 Å². The third-order valence-corrected chi connectivity index (χ3v) is 3.69. The summed E-state index contributed by atoms with van der Waals surface area (Å²) in [5, 5.41) is 19.5. The van der Waals surface area contributed by atoms with E-state index >= 15 is 0 Å². The van der Waals surface area contributed by atoms with Crippen molar-refractivity contribution in [1.82, 2.24) is 9.55 Å². The SMILES string of the molecule is Cc1cc2c(O)c(C(=O)O)ncc2n(Cc2ccccc2)c1=O. The van der Waals surface area contributed by atoms with Crippen molar-refractivity contribution in [2.24, 2.45) is 0 Å². The van der Waals surface area contributed by atoms with Crippen molar-refractivity contribution in [2.75, 3.05) is 0 Å². The summed E-state index contributed by atoms with van der Waals surface area (Å²) in [5.41, 5.74) is 1.11.